The van der Waals surface area contributed by atoms with E-state index in [4.69, 9.17) is 0 Å². The summed E-state index contributed by atoms with van der Waals surface area (Å²) in [7, 11) is 0. The van der Waals surface area contributed by atoms with E-state index in [1.54, 1.807) is 0 Å². The van der Waals surface area contributed by atoms with Crippen molar-refractivity contribution >= 4 is 0 Å². The average molecular weight is 439 g/mol. The molecule has 0 bridgehead atoms. The number of benzene rings is 3. The molecule has 3 rings (SSSR count). The second-order valence-corrected chi connectivity index (χ2v) is 5.73. The predicted octanol–water partition coefficient (Wildman–Crippen LogP) is 12.0. The van der Waals surface area contributed by atoms with Gasteiger partial charge >= 0.3 is 0 Å². The summed E-state index contributed by atoms with van der Waals surface area (Å²) in [4.78, 5) is 0. The minimum absolute atomic E-state index is 1.25. The smallest absolute Gasteiger partial charge is 0.0178 e. The van der Waals surface area contributed by atoms with Crippen LogP contribution < -0.4 is 0 Å². The Labute approximate surface area is 203 Å². The van der Waals surface area contributed by atoms with Gasteiger partial charge in [-0.2, -0.15) is 0 Å². The zero-order chi connectivity index (χ0) is 25.6. The summed E-state index contributed by atoms with van der Waals surface area (Å²) >= 11 is 0. The summed E-state index contributed by atoms with van der Waals surface area (Å²) in [5, 5.41) is 0. The van der Waals surface area contributed by atoms with E-state index in [0.717, 1.165) is 0 Å². The van der Waals surface area contributed by atoms with Gasteiger partial charge in [-0.1, -0.05) is 175 Å². The summed E-state index contributed by atoms with van der Waals surface area (Å²) in [6.45, 7) is 24.5. The van der Waals surface area contributed by atoms with Gasteiger partial charge in [0, 0.05) is 0 Å². The lowest BCUT2D eigenvalue weighted by Crippen LogP contribution is -1.80. The predicted molar refractivity (Wildman–Crippen MR) is 155 cm³/mol. The molecule has 0 saturated heterocycles. The van der Waals surface area contributed by atoms with Crippen molar-refractivity contribution in [3.05, 3.63) is 84.9 Å². The molecule has 0 radical (unpaired) electrons. The monoisotopic (exact) mass is 438 g/mol. The van der Waals surface area contributed by atoms with Gasteiger partial charge in [0.2, 0.25) is 0 Å². The van der Waals surface area contributed by atoms with Crippen molar-refractivity contribution in [2.45, 2.75) is 95.9 Å². The molecule has 0 saturated carbocycles. The molecule has 0 aliphatic heterocycles. The highest BCUT2D eigenvalue weighted by Crippen LogP contribution is 2.25. The highest BCUT2D eigenvalue weighted by molar-refractivity contribution is 5.72. The van der Waals surface area contributed by atoms with Gasteiger partial charge in [-0.05, 0) is 28.3 Å². The van der Waals surface area contributed by atoms with Crippen molar-refractivity contribution in [2.75, 3.05) is 0 Å². The first-order valence-corrected chi connectivity index (χ1v) is 13.0. The quantitative estimate of drug-likeness (QED) is 0.373. The molecular formula is C32H54. The third-order valence-corrected chi connectivity index (χ3v) is 3.08. The first kappa shape index (κ1) is 37.0. The van der Waals surface area contributed by atoms with Crippen LogP contribution in [-0.2, 0) is 0 Å². The third-order valence-electron chi connectivity index (χ3n) is 3.08. The van der Waals surface area contributed by atoms with E-state index in [9.17, 15) is 0 Å². The van der Waals surface area contributed by atoms with Crippen LogP contribution in [0.15, 0.2) is 84.9 Å². The molecule has 0 heteroatoms. The molecule has 0 amide bonds. The molecule has 0 atom stereocenters. The van der Waals surface area contributed by atoms with Crippen molar-refractivity contribution in [1.29, 1.82) is 0 Å². The van der Waals surface area contributed by atoms with Crippen LogP contribution in [0.4, 0.5) is 0 Å². The molecule has 0 aliphatic rings. The topological polar surface area (TPSA) is 0 Å². The summed E-state index contributed by atoms with van der Waals surface area (Å²) in [6, 6.07) is 29.6. The van der Waals surface area contributed by atoms with Crippen LogP contribution in [-0.4, -0.2) is 0 Å². The van der Waals surface area contributed by atoms with Crippen LogP contribution in [0, 0.1) is 0 Å². The molecule has 3 aromatic rings. The molecular weight excluding hydrogens is 384 g/mol. The first-order chi connectivity index (χ1) is 15.8. The standard InChI is InChI=1S/C18H14.2C3H8.4C2H6/c1-3-8-15(9-4-1)17-12-7-13-18(14-17)16-10-5-2-6-11-16;2*1-3-2;4*1-2/h1-14H;2*3H2,1-2H3;4*1-2H3. The summed E-state index contributed by atoms with van der Waals surface area (Å²) in [5.41, 5.74) is 5.04. The number of hydrogen-bond donors (Lipinski definition) is 0. The Morgan fingerprint density at radius 1 is 0.344 bits per heavy atom. The lowest BCUT2D eigenvalue weighted by atomic mass is 9.99. The summed E-state index contributed by atoms with van der Waals surface area (Å²) < 4.78 is 0. The fourth-order valence-corrected chi connectivity index (χ4v) is 2.14. The first-order valence-electron chi connectivity index (χ1n) is 13.0. The Kier molecular flexibility index (Phi) is 38.5. The minimum Gasteiger partial charge on any atom is -0.0683 e. The molecule has 0 heterocycles. The van der Waals surface area contributed by atoms with E-state index in [-0.39, 0.29) is 0 Å². The molecule has 3 aromatic carbocycles. The lowest BCUT2D eigenvalue weighted by Gasteiger charge is -2.05. The van der Waals surface area contributed by atoms with Gasteiger partial charge in [0.15, 0.2) is 0 Å². The molecule has 0 aromatic heterocycles. The second-order valence-electron chi connectivity index (χ2n) is 5.73. The largest absolute Gasteiger partial charge is 0.0683 e. The van der Waals surface area contributed by atoms with E-state index < -0.39 is 0 Å². The SMILES string of the molecule is CC.CC.CC.CC.CCC.CCC.c1ccc(-c2cccc(-c3ccccc3)c2)cc1. The fraction of sp³-hybridized carbons (Fsp3) is 0.438. The van der Waals surface area contributed by atoms with E-state index in [1.807, 2.05) is 67.5 Å². The zero-order valence-corrected chi connectivity index (χ0v) is 23.5. The van der Waals surface area contributed by atoms with Crippen molar-refractivity contribution in [3.8, 4) is 22.3 Å². The van der Waals surface area contributed by atoms with Crippen LogP contribution in [0.2, 0.25) is 0 Å². The lowest BCUT2D eigenvalue weighted by molar-refractivity contribution is 1.09. The van der Waals surface area contributed by atoms with Crippen molar-refractivity contribution < 1.29 is 0 Å². The molecule has 0 unspecified atom stereocenters. The Morgan fingerprint density at radius 2 is 0.562 bits per heavy atom. The normalized spacial score (nSPS) is 7.62. The maximum atomic E-state index is 2.24. The van der Waals surface area contributed by atoms with Crippen molar-refractivity contribution in [2.24, 2.45) is 0 Å². The van der Waals surface area contributed by atoms with Gasteiger partial charge in [0.05, 0.1) is 0 Å². The van der Waals surface area contributed by atoms with Crippen molar-refractivity contribution in [1.82, 2.24) is 0 Å². The maximum absolute atomic E-state index is 2.24. The van der Waals surface area contributed by atoms with E-state index in [1.165, 1.54) is 35.1 Å². The molecule has 0 nitrogen and oxygen atoms in total. The maximum Gasteiger partial charge on any atom is -0.0178 e. The number of hydrogen-bond acceptors (Lipinski definition) is 0. The molecule has 0 N–H and O–H groups in total. The van der Waals surface area contributed by atoms with Gasteiger partial charge in [-0.25, -0.2) is 0 Å². The zero-order valence-electron chi connectivity index (χ0n) is 23.5. The summed E-state index contributed by atoms with van der Waals surface area (Å²) in [6.07, 6.45) is 2.50. The molecule has 32 heavy (non-hydrogen) atoms. The Balaban J connectivity index is -0.000000238. The highest BCUT2D eigenvalue weighted by Gasteiger charge is 2.00. The van der Waals surface area contributed by atoms with Crippen LogP contribution in [0.25, 0.3) is 22.3 Å². The number of rotatable bonds is 2. The van der Waals surface area contributed by atoms with E-state index in [2.05, 4.69) is 100 Å². The van der Waals surface area contributed by atoms with E-state index >= 15 is 0 Å². The Bertz CT molecular complexity index is 597. The fourth-order valence-electron chi connectivity index (χ4n) is 2.14. The summed E-state index contributed by atoms with van der Waals surface area (Å²) in [5.74, 6) is 0. The molecule has 0 spiro atoms. The van der Waals surface area contributed by atoms with Gasteiger partial charge < -0.3 is 0 Å². The van der Waals surface area contributed by atoms with E-state index in [0.29, 0.717) is 0 Å². The molecule has 0 fully saturated rings. The van der Waals surface area contributed by atoms with Gasteiger partial charge in [-0.3, -0.25) is 0 Å². The van der Waals surface area contributed by atoms with Crippen LogP contribution >= 0.6 is 0 Å². The van der Waals surface area contributed by atoms with Crippen LogP contribution in [0.1, 0.15) is 95.9 Å². The van der Waals surface area contributed by atoms with Gasteiger partial charge in [0.25, 0.3) is 0 Å². The second kappa shape index (κ2) is 33.3. The van der Waals surface area contributed by atoms with Gasteiger partial charge in [0.1, 0.15) is 0 Å². The van der Waals surface area contributed by atoms with Gasteiger partial charge in [-0.15, -0.1) is 0 Å². The minimum atomic E-state index is 1.25. The molecule has 0 aliphatic carbocycles. The van der Waals surface area contributed by atoms with Crippen LogP contribution in [0.5, 0.6) is 0 Å². The van der Waals surface area contributed by atoms with Crippen LogP contribution in [0.3, 0.4) is 0 Å². The van der Waals surface area contributed by atoms with Crippen molar-refractivity contribution in [3.63, 3.8) is 0 Å². The Hall–Kier alpha value is -2.34. The average Bonchev–Trinajstić information content (AvgIpc) is 2.91. The third kappa shape index (κ3) is 19.6. The Morgan fingerprint density at radius 3 is 0.812 bits per heavy atom. The highest BCUT2D eigenvalue weighted by atomic mass is 14.0. The molecule has 182 valence electrons.